The Morgan fingerprint density at radius 1 is 1.53 bits per heavy atom. The fourth-order valence-electron chi connectivity index (χ4n) is 1.22. The molecule has 4 N–H and O–H groups in total. The van der Waals surface area contributed by atoms with E-state index in [0.717, 1.165) is 0 Å². The van der Waals surface area contributed by atoms with Crippen molar-refractivity contribution in [1.29, 1.82) is 0 Å². The Labute approximate surface area is 92.0 Å². The molecule has 1 amide bonds. The highest BCUT2D eigenvalue weighted by Crippen LogP contribution is 2.36. The fourth-order valence-corrected chi connectivity index (χ4v) is 1.40. The number of rotatable bonds is 2. The lowest BCUT2D eigenvalue weighted by atomic mass is 10.2. The molecule has 0 aliphatic heterocycles. The number of nitrogens with two attached hydrogens (primary N) is 1. The van der Waals surface area contributed by atoms with Gasteiger partial charge in [0, 0.05) is 0 Å². The summed E-state index contributed by atoms with van der Waals surface area (Å²) in [5.74, 6) is -0.406. The number of hydrogen-bond donors (Lipinski definition) is 3. The number of amides is 1. The molecule has 0 atom stereocenters. The Bertz CT molecular complexity index is 416. The van der Waals surface area contributed by atoms with Crippen LogP contribution >= 0.6 is 11.6 Å². The largest absolute Gasteiger partial charge is 0.504 e. The first kappa shape index (κ1) is 10.3. The number of para-hydroxylation sites is 1. The predicted octanol–water partition coefficient (Wildman–Crippen LogP) is 1.48. The number of hydrogen-bond acceptors (Lipinski definition) is 3. The van der Waals surface area contributed by atoms with Crippen molar-refractivity contribution in [3.63, 3.8) is 0 Å². The van der Waals surface area contributed by atoms with E-state index in [9.17, 15) is 9.90 Å². The van der Waals surface area contributed by atoms with Crippen LogP contribution in [0.2, 0.25) is 5.02 Å². The summed E-state index contributed by atoms with van der Waals surface area (Å²) in [6, 6.07) is 4.76. The lowest BCUT2D eigenvalue weighted by Crippen LogP contribution is -2.37. The zero-order chi connectivity index (χ0) is 11.1. The molecule has 1 aliphatic carbocycles. The monoisotopic (exact) mass is 226 g/mol. The summed E-state index contributed by atoms with van der Waals surface area (Å²) >= 11 is 5.69. The standard InChI is InChI=1S/C10H11ClN2O2/c11-6-2-1-3-7(8(6)14)13-9(15)10(12)4-5-10/h1-3,14H,4-5,12H2,(H,13,15). The first-order valence-electron chi connectivity index (χ1n) is 4.61. The van der Waals surface area contributed by atoms with Gasteiger partial charge in [0.25, 0.3) is 0 Å². The van der Waals surface area contributed by atoms with Gasteiger partial charge < -0.3 is 16.2 Å². The molecule has 0 unspecified atom stereocenters. The number of phenolic OH excluding ortho intramolecular Hbond substituents is 1. The number of aromatic hydroxyl groups is 1. The summed E-state index contributed by atoms with van der Waals surface area (Å²) in [6.07, 6.45) is 1.36. The van der Waals surface area contributed by atoms with E-state index in [-0.39, 0.29) is 16.7 Å². The lowest BCUT2D eigenvalue weighted by molar-refractivity contribution is -0.118. The minimum Gasteiger partial charge on any atom is -0.504 e. The molecule has 5 heteroatoms. The number of nitrogens with one attached hydrogen (secondary N) is 1. The van der Waals surface area contributed by atoms with Crippen LogP contribution < -0.4 is 11.1 Å². The molecule has 0 spiro atoms. The lowest BCUT2D eigenvalue weighted by Gasteiger charge is -2.11. The number of anilines is 1. The molecule has 1 aliphatic rings. The minimum absolute atomic E-state index is 0.128. The van der Waals surface area contributed by atoms with Crippen molar-refractivity contribution in [2.75, 3.05) is 5.32 Å². The Balaban J connectivity index is 2.17. The smallest absolute Gasteiger partial charge is 0.244 e. The molecule has 0 saturated heterocycles. The van der Waals surface area contributed by atoms with Crippen LogP contribution in [0.3, 0.4) is 0 Å². The van der Waals surface area contributed by atoms with E-state index >= 15 is 0 Å². The van der Waals surface area contributed by atoms with E-state index in [0.29, 0.717) is 18.5 Å². The number of carbonyl (C=O) groups is 1. The summed E-state index contributed by atoms with van der Waals surface area (Å²) < 4.78 is 0. The van der Waals surface area contributed by atoms with Crippen LogP contribution in [0.15, 0.2) is 18.2 Å². The highest BCUT2D eigenvalue weighted by atomic mass is 35.5. The van der Waals surface area contributed by atoms with Gasteiger partial charge in [-0.05, 0) is 25.0 Å². The molecule has 0 aromatic heterocycles. The summed E-state index contributed by atoms with van der Waals surface area (Å²) in [5, 5.41) is 12.3. The van der Waals surface area contributed by atoms with Gasteiger partial charge in [-0.3, -0.25) is 4.79 Å². The van der Waals surface area contributed by atoms with Crippen molar-refractivity contribution in [2.24, 2.45) is 5.73 Å². The van der Waals surface area contributed by atoms with Crippen LogP contribution in [0.1, 0.15) is 12.8 Å². The Morgan fingerprint density at radius 2 is 2.20 bits per heavy atom. The van der Waals surface area contributed by atoms with Crippen molar-refractivity contribution in [3.8, 4) is 5.75 Å². The number of carbonyl (C=O) groups excluding carboxylic acids is 1. The molecular formula is C10H11ClN2O2. The van der Waals surface area contributed by atoms with Crippen LogP contribution in [-0.4, -0.2) is 16.6 Å². The zero-order valence-electron chi connectivity index (χ0n) is 7.96. The molecule has 0 bridgehead atoms. The molecule has 1 saturated carbocycles. The van der Waals surface area contributed by atoms with Gasteiger partial charge in [-0.15, -0.1) is 0 Å². The van der Waals surface area contributed by atoms with E-state index < -0.39 is 5.54 Å². The fraction of sp³-hybridized carbons (Fsp3) is 0.300. The van der Waals surface area contributed by atoms with Gasteiger partial charge in [0.15, 0.2) is 5.75 Å². The highest BCUT2D eigenvalue weighted by Gasteiger charge is 2.46. The van der Waals surface area contributed by atoms with Crippen molar-refractivity contribution in [3.05, 3.63) is 23.2 Å². The van der Waals surface area contributed by atoms with E-state index in [4.69, 9.17) is 17.3 Å². The number of phenols is 1. The number of benzene rings is 1. The molecule has 0 radical (unpaired) electrons. The van der Waals surface area contributed by atoms with Crippen LogP contribution in [0.5, 0.6) is 5.75 Å². The van der Waals surface area contributed by atoms with Gasteiger partial charge in [0.05, 0.1) is 16.2 Å². The van der Waals surface area contributed by atoms with E-state index in [1.807, 2.05) is 0 Å². The van der Waals surface area contributed by atoms with Crippen molar-refractivity contribution in [2.45, 2.75) is 18.4 Å². The van der Waals surface area contributed by atoms with Gasteiger partial charge in [-0.1, -0.05) is 17.7 Å². The Morgan fingerprint density at radius 3 is 2.80 bits per heavy atom. The Kier molecular flexibility index (Phi) is 2.32. The summed E-state index contributed by atoms with van der Waals surface area (Å²) in [6.45, 7) is 0. The van der Waals surface area contributed by atoms with Gasteiger partial charge >= 0.3 is 0 Å². The van der Waals surface area contributed by atoms with Gasteiger partial charge in [0.1, 0.15) is 0 Å². The topological polar surface area (TPSA) is 75.4 Å². The van der Waals surface area contributed by atoms with E-state index in [2.05, 4.69) is 5.32 Å². The van der Waals surface area contributed by atoms with E-state index in [1.54, 1.807) is 18.2 Å². The predicted molar refractivity (Wildman–Crippen MR) is 57.9 cm³/mol. The second-order valence-corrected chi connectivity index (χ2v) is 4.15. The first-order valence-corrected chi connectivity index (χ1v) is 4.98. The Hall–Kier alpha value is -1.26. The van der Waals surface area contributed by atoms with Crippen LogP contribution in [-0.2, 0) is 4.79 Å². The second kappa shape index (κ2) is 3.40. The maximum Gasteiger partial charge on any atom is 0.244 e. The molecule has 1 fully saturated rings. The molecule has 2 rings (SSSR count). The summed E-state index contributed by atoms with van der Waals surface area (Å²) in [7, 11) is 0. The normalized spacial score (nSPS) is 17.2. The van der Waals surface area contributed by atoms with Gasteiger partial charge in [0.2, 0.25) is 5.91 Å². The second-order valence-electron chi connectivity index (χ2n) is 3.75. The molecule has 1 aromatic carbocycles. The molecule has 4 nitrogen and oxygen atoms in total. The molecule has 1 aromatic rings. The average molecular weight is 227 g/mol. The third kappa shape index (κ3) is 1.91. The molecule has 15 heavy (non-hydrogen) atoms. The number of halogens is 1. The van der Waals surface area contributed by atoms with E-state index in [1.165, 1.54) is 0 Å². The summed E-state index contributed by atoms with van der Waals surface area (Å²) in [5.41, 5.74) is 5.24. The summed E-state index contributed by atoms with van der Waals surface area (Å²) in [4.78, 5) is 11.6. The molecule has 0 heterocycles. The zero-order valence-corrected chi connectivity index (χ0v) is 8.71. The highest BCUT2D eigenvalue weighted by molar-refractivity contribution is 6.32. The quantitative estimate of drug-likeness (QED) is 0.669. The molecule has 80 valence electrons. The average Bonchev–Trinajstić information content (AvgIpc) is 2.93. The van der Waals surface area contributed by atoms with Crippen molar-refractivity contribution in [1.82, 2.24) is 0 Å². The van der Waals surface area contributed by atoms with Crippen molar-refractivity contribution < 1.29 is 9.90 Å². The third-order valence-corrected chi connectivity index (χ3v) is 2.78. The third-order valence-electron chi connectivity index (χ3n) is 2.48. The SMILES string of the molecule is NC1(C(=O)Nc2cccc(Cl)c2O)CC1. The maximum absolute atomic E-state index is 11.6. The minimum atomic E-state index is -0.755. The first-order chi connectivity index (χ1) is 7.03. The van der Waals surface area contributed by atoms with Crippen molar-refractivity contribution >= 4 is 23.2 Å². The van der Waals surface area contributed by atoms with Gasteiger partial charge in [-0.2, -0.15) is 0 Å². The molecular weight excluding hydrogens is 216 g/mol. The van der Waals surface area contributed by atoms with Crippen LogP contribution in [0, 0.1) is 0 Å². The van der Waals surface area contributed by atoms with Crippen LogP contribution in [0.4, 0.5) is 5.69 Å². The maximum atomic E-state index is 11.6. The van der Waals surface area contributed by atoms with Gasteiger partial charge in [-0.25, -0.2) is 0 Å². The van der Waals surface area contributed by atoms with Crippen LogP contribution in [0.25, 0.3) is 0 Å².